The number of carbonyl (C=O) groups excluding carboxylic acids is 1. The van der Waals surface area contributed by atoms with Crippen LogP contribution < -0.4 is 10.6 Å². The molecule has 1 aromatic carbocycles. The number of anilines is 2. The summed E-state index contributed by atoms with van der Waals surface area (Å²) in [6, 6.07) is 11.4. The van der Waals surface area contributed by atoms with Crippen molar-refractivity contribution in [2.75, 3.05) is 30.3 Å². The molecule has 1 aliphatic rings. The van der Waals surface area contributed by atoms with Crippen molar-refractivity contribution in [3.05, 3.63) is 47.1 Å². The largest absolute Gasteiger partial charge is 0.383 e. The van der Waals surface area contributed by atoms with Crippen LogP contribution in [0.15, 0.2) is 36.4 Å². The van der Waals surface area contributed by atoms with Gasteiger partial charge in [0.1, 0.15) is 17.5 Å². The molecule has 0 saturated carbocycles. The highest BCUT2D eigenvalue weighted by Gasteiger charge is 2.25. The van der Waals surface area contributed by atoms with Crippen molar-refractivity contribution in [1.29, 1.82) is 0 Å². The third kappa shape index (κ3) is 3.28. The SMILES string of the molecule is Nc1cc(Cl)nc(N2CCN(Cc3ccccc3)C(=O)C2)n1. The van der Waals surface area contributed by atoms with Crippen LogP contribution in [-0.2, 0) is 11.3 Å². The van der Waals surface area contributed by atoms with Crippen molar-refractivity contribution in [3.63, 3.8) is 0 Å². The van der Waals surface area contributed by atoms with Gasteiger partial charge in [0.15, 0.2) is 0 Å². The second-order valence-corrected chi connectivity index (χ2v) is 5.53. The highest BCUT2D eigenvalue weighted by atomic mass is 35.5. The molecule has 22 heavy (non-hydrogen) atoms. The van der Waals surface area contributed by atoms with E-state index in [2.05, 4.69) is 9.97 Å². The molecule has 0 spiro atoms. The molecular weight excluding hydrogens is 302 g/mol. The van der Waals surface area contributed by atoms with E-state index >= 15 is 0 Å². The lowest BCUT2D eigenvalue weighted by atomic mass is 10.2. The summed E-state index contributed by atoms with van der Waals surface area (Å²) in [5, 5.41) is 0.279. The minimum atomic E-state index is 0.0391. The first-order chi connectivity index (χ1) is 10.6. The van der Waals surface area contributed by atoms with Crippen LogP contribution in [0.2, 0.25) is 5.15 Å². The Bertz CT molecular complexity index is 659. The van der Waals surface area contributed by atoms with Gasteiger partial charge in [-0.05, 0) is 5.56 Å². The van der Waals surface area contributed by atoms with E-state index < -0.39 is 0 Å². The number of benzene rings is 1. The zero-order valence-corrected chi connectivity index (χ0v) is 12.7. The van der Waals surface area contributed by atoms with Crippen LogP contribution in [-0.4, -0.2) is 40.4 Å². The van der Waals surface area contributed by atoms with Gasteiger partial charge >= 0.3 is 0 Å². The summed E-state index contributed by atoms with van der Waals surface area (Å²) >= 11 is 5.89. The molecule has 1 fully saturated rings. The fourth-order valence-corrected chi connectivity index (χ4v) is 2.60. The molecule has 0 bridgehead atoms. The van der Waals surface area contributed by atoms with E-state index in [1.54, 1.807) is 4.90 Å². The fourth-order valence-electron chi connectivity index (χ4n) is 2.41. The standard InChI is InChI=1S/C15H16ClN5O/c16-12-8-13(17)19-15(18-12)21-7-6-20(14(22)10-21)9-11-4-2-1-3-5-11/h1-5,8H,6-7,9-10H2,(H2,17,18,19). The zero-order chi connectivity index (χ0) is 15.5. The first kappa shape index (κ1) is 14.6. The van der Waals surface area contributed by atoms with Crippen molar-refractivity contribution in [3.8, 4) is 0 Å². The normalized spacial score (nSPS) is 15.2. The average Bonchev–Trinajstić information content (AvgIpc) is 2.49. The lowest BCUT2D eigenvalue weighted by molar-refractivity contribution is -0.131. The Hall–Kier alpha value is -2.34. The van der Waals surface area contributed by atoms with Crippen LogP contribution in [0.4, 0.5) is 11.8 Å². The minimum Gasteiger partial charge on any atom is -0.383 e. The molecule has 0 atom stereocenters. The maximum atomic E-state index is 12.3. The summed E-state index contributed by atoms with van der Waals surface area (Å²) in [5.41, 5.74) is 6.79. The third-order valence-electron chi connectivity index (χ3n) is 3.52. The number of nitrogens with two attached hydrogens (primary N) is 1. The molecule has 114 valence electrons. The third-order valence-corrected chi connectivity index (χ3v) is 3.71. The molecular formula is C15H16ClN5O. The highest BCUT2D eigenvalue weighted by molar-refractivity contribution is 6.29. The molecule has 7 heteroatoms. The summed E-state index contributed by atoms with van der Waals surface area (Å²) < 4.78 is 0. The molecule has 2 aromatic rings. The van der Waals surface area contributed by atoms with Gasteiger partial charge in [0, 0.05) is 25.7 Å². The van der Waals surface area contributed by atoms with Crippen molar-refractivity contribution in [2.24, 2.45) is 0 Å². The van der Waals surface area contributed by atoms with Crippen molar-refractivity contribution in [2.45, 2.75) is 6.54 Å². The molecule has 1 aromatic heterocycles. The van der Waals surface area contributed by atoms with Crippen molar-refractivity contribution >= 4 is 29.3 Å². The first-order valence-electron chi connectivity index (χ1n) is 6.98. The maximum absolute atomic E-state index is 12.3. The Kier molecular flexibility index (Phi) is 4.11. The molecule has 0 radical (unpaired) electrons. The fraction of sp³-hybridized carbons (Fsp3) is 0.267. The molecule has 2 N–H and O–H groups in total. The lowest BCUT2D eigenvalue weighted by Gasteiger charge is -2.34. The molecule has 0 aliphatic carbocycles. The lowest BCUT2D eigenvalue weighted by Crippen LogP contribution is -2.50. The van der Waals surface area contributed by atoms with Crippen LogP contribution in [0, 0.1) is 0 Å². The Morgan fingerprint density at radius 1 is 1.18 bits per heavy atom. The molecule has 1 amide bonds. The van der Waals surface area contributed by atoms with Gasteiger partial charge in [-0.1, -0.05) is 41.9 Å². The zero-order valence-electron chi connectivity index (χ0n) is 11.9. The van der Waals surface area contributed by atoms with E-state index in [4.69, 9.17) is 17.3 Å². The van der Waals surface area contributed by atoms with Crippen LogP contribution in [0.5, 0.6) is 0 Å². The van der Waals surface area contributed by atoms with Crippen molar-refractivity contribution in [1.82, 2.24) is 14.9 Å². The van der Waals surface area contributed by atoms with E-state index in [-0.39, 0.29) is 17.6 Å². The van der Waals surface area contributed by atoms with Gasteiger partial charge in [-0.15, -0.1) is 0 Å². The second kappa shape index (κ2) is 6.19. The summed E-state index contributed by atoms with van der Waals surface area (Å²) in [6.07, 6.45) is 0. The van der Waals surface area contributed by atoms with Gasteiger partial charge in [0.25, 0.3) is 0 Å². The number of hydrogen-bond acceptors (Lipinski definition) is 5. The Morgan fingerprint density at radius 3 is 2.64 bits per heavy atom. The molecule has 2 heterocycles. The van der Waals surface area contributed by atoms with Gasteiger partial charge < -0.3 is 15.5 Å². The van der Waals surface area contributed by atoms with E-state index in [1.165, 1.54) is 6.07 Å². The van der Waals surface area contributed by atoms with Gasteiger partial charge in [-0.3, -0.25) is 4.79 Å². The number of nitrogen functional groups attached to an aromatic ring is 1. The van der Waals surface area contributed by atoms with Gasteiger partial charge in [-0.25, -0.2) is 4.98 Å². The monoisotopic (exact) mass is 317 g/mol. The van der Waals surface area contributed by atoms with E-state index in [0.29, 0.717) is 31.4 Å². The average molecular weight is 318 g/mol. The topological polar surface area (TPSA) is 75.3 Å². The molecule has 1 aliphatic heterocycles. The number of piperazine rings is 1. The molecule has 3 rings (SSSR count). The van der Waals surface area contributed by atoms with E-state index in [9.17, 15) is 4.79 Å². The van der Waals surface area contributed by atoms with Crippen LogP contribution >= 0.6 is 11.6 Å². The van der Waals surface area contributed by atoms with Gasteiger partial charge in [0.05, 0.1) is 0 Å². The Labute approximate surface area is 133 Å². The quantitative estimate of drug-likeness (QED) is 0.870. The van der Waals surface area contributed by atoms with Gasteiger partial charge in [0.2, 0.25) is 11.9 Å². The number of rotatable bonds is 3. The second-order valence-electron chi connectivity index (χ2n) is 5.14. The summed E-state index contributed by atoms with van der Waals surface area (Å²) in [5.74, 6) is 0.740. The number of halogens is 1. The predicted octanol–water partition coefficient (Wildman–Crippen LogP) is 1.56. The Balaban J connectivity index is 1.68. The molecule has 1 saturated heterocycles. The van der Waals surface area contributed by atoms with E-state index in [1.807, 2.05) is 35.2 Å². The number of carbonyl (C=O) groups is 1. The first-order valence-corrected chi connectivity index (χ1v) is 7.36. The predicted molar refractivity (Wildman–Crippen MR) is 85.5 cm³/mol. The molecule has 6 nitrogen and oxygen atoms in total. The van der Waals surface area contributed by atoms with Crippen molar-refractivity contribution < 1.29 is 4.79 Å². The van der Waals surface area contributed by atoms with Crippen LogP contribution in [0.25, 0.3) is 0 Å². The Morgan fingerprint density at radius 2 is 1.95 bits per heavy atom. The number of aromatic nitrogens is 2. The smallest absolute Gasteiger partial charge is 0.242 e. The van der Waals surface area contributed by atoms with Crippen LogP contribution in [0.3, 0.4) is 0 Å². The highest BCUT2D eigenvalue weighted by Crippen LogP contribution is 2.18. The summed E-state index contributed by atoms with van der Waals surface area (Å²) in [7, 11) is 0. The van der Waals surface area contributed by atoms with Gasteiger partial charge in [-0.2, -0.15) is 4.98 Å². The summed E-state index contributed by atoms with van der Waals surface area (Å²) in [4.78, 5) is 24.2. The minimum absolute atomic E-state index is 0.0391. The number of nitrogens with zero attached hydrogens (tertiary/aromatic N) is 4. The number of hydrogen-bond donors (Lipinski definition) is 1. The summed E-state index contributed by atoms with van der Waals surface area (Å²) in [6.45, 7) is 2.11. The maximum Gasteiger partial charge on any atom is 0.242 e. The van der Waals surface area contributed by atoms with Crippen LogP contribution in [0.1, 0.15) is 5.56 Å². The number of amides is 1. The van der Waals surface area contributed by atoms with E-state index in [0.717, 1.165) is 5.56 Å². The molecule has 0 unspecified atom stereocenters.